The van der Waals surface area contributed by atoms with Gasteiger partial charge in [0.15, 0.2) is 0 Å². The molecule has 0 amide bonds. The van der Waals surface area contributed by atoms with Gasteiger partial charge in [-0.1, -0.05) is 48.2 Å². The number of aromatic nitrogens is 2. The second-order valence-electron chi connectivity index (χ2n) is 8.09. The summed E-state index contributed by atoms with van der Waals surface area (Å²) in [6.45, 7) is 3.27. The molecule has 0 atom stereocenters. The summed E-state index contributed by atoms with van der Waals surface area (Å²) in [6.07, 6.45) is 3.87. The molecule has 0 aliphatic heterocycles. The minimum absolute atomic E-state index is 0.00732. The van der Waals surface area contributed by atoms with Gasteiger partial charge in [0.1, 0.15) is 11.6 Å². The van der Waals surface area contributed by atoms with Crippen LogP contribution >= 0.6 is 23.2 Å². The largest absolute Gasteiger partial charge is 0.493 e. The maximum absolute atomic E-state index is 13.2. The lowest BCUT2D eigenvalue weighted by molar-refractivity contribution is 0.302. The Morgan fingerprint density at radius 2 is 1.61 bits per heavy atom. The van der Waals surface area contributed by atoms with E-state index in [1.165, 1.54) is 0 Å². The maximum Gasteiger partial charge on any atom is 0.261 e. The molecule has 4 rings (SSSR count). The molecule has 0 N–H and O–H groups in total. The number of unbranched alkanes of at least 4 members (excludes halogenated alkanes) is 3. The molecule has 4 aromatic rings. The van der Waals surface area contributed by atoms with E-state index in [4.69, 9.17) is 32.9 Å². The molecular formula is C27H26Cl2N2O2. The molecule has 0 saturated carbocycles. The number of ether oxygens (including phenoxy) is 1. The van der Waals surface area contributed by atoms with Crippen molar-refractivity contribution in [2.24, 2.45) is 0 Å². The van der Waals surface area contributed by atoms with E-state index < -0.39 is 0 Å². The fourth-order valence-electron chi connectivity index (χ4n) is 3.88. The summed E-state index contributed by atoms with van der Waals surface area (Å²) in [5.74, 6) is 1.55. The number of rotatable bonds is 9. The second kappa shape index (κ2) is 10.9. The lowest BCUT2D eigenvalue weighted by atomic mass is 10.1. The van der Waals surface area contributed by atoms with Crippen LogP contribution in [-0.4, -0.2) is 16.2 Å². The van der Waals surface area contributed by atoms with Crippen molar-refractivity contribution in [1.82, 2.24) is 9.55 Å². The van der Waals surface area contributed by atoms with E-state index in [0.717, 1.165) is 47.6 Å². The van der Waals surface area contributed by atoms with Crippen molar-refractivity contribution in [3.63, 3.8) is 0 Å². The molecule has 1 heterocycles. The van der Waals surface area contributed by atoms with E-state index in [1.54, 1.807) is 4.57 Å². The smallest absolute Gasteiger partial charge is 0.261 e. The van der Waals surface area contributed by atoms with Gasteiger partial charge in [0.2, 0.25) is 0 Å². The highest BCUT2D eigenvalue weighted by atomic mass is 35.5. The minimum atomic E-state index is -0.00732. The molecule has 0 fully saturated rings. The van der Waals surface area contributed by atoms with E-state index in [0.29, 0.717) is 34.9 Å². The summed E-state index contributed by atoms with van der Waals surface area (Å²) in [6, 6.07) is 20.6. The monoisotopic (exact) mass is 480 g/mol. The number of fused-ring (bicyclic) bond motifs is 1. The average molecular weight is 481 g/mol. The van der Waals surface area contributed by atoms with Gasteiger partial charge in [-0.3, -0.25) is 9.36 Å². The zero-order valence-corrected chi connectivity index (χ0v) is 20.1. The number of aryl methyl sites for hydroxylation is 1. The summed E-state index contributed by atoms with van der Waals surface area (Å²) in [7, 11) is 0. The fraction of sp³-hybridized carbons (Fsp3) is 0.259. The van der Waals surface area contributed by atoms with Crippen molar-refractivity contribution in [3.05, 3.63) is 92.7 Å². The first-order valence-corrected chi connectivity index (χ1v) is 11.9. The van der Waals surface area contributed by atoms with Gasteiger partial charge in [-0.2, -0.15) is 0 Å². The number of hydrogen-bond acceptors (Lipinski definition) is 3. The third-order valence-corrected chi connectivity index (χ3v) is 6.12. The van der Waals surface area contributed by atoms with Gasteiger partial charge in [0.25, 0.3) is 5.56 Å². The van der Waals surface area contributed by atoms with Crippen molar-refractivity contribution in [2.45, 2.75) is 39.2 Å². The Balaban J connectivity index is 1.39. The summed E-state index contributed by atoms with van der Waals surface area (Å²) in [5, 5.41) is 2.02. The molecular weight excluding hydrogens is 455 g/mol. The number of hydrogen-bond donors (Lipinski definition) is 0. The molecule has 4 nitrogen and oxygen atoms in total. The highest BCUT2D eigenvalue weighted by Crippen LogP contribution is 2.23. The van der Waals surface area contributed by atoms with Crippen LogP contribution in [0.15, 0.2) is 71.5 Å². The lowest BCUT2D eigenvalue weighted by Crippen LogP contribution is -2.23. The lowest BCUT2D eigenvalue weighted by Gasteiger charge is -2.14. The summed E-state index contributed by atoms with van der Waals surface area (Å²) < 4.78 is 7.67. The van der Waals surface area contributed by atoms with Crippen LogP contribution in [0.4, 0.5) is 0 Å². The predicted molar refractivity (Wildman–Crippen MR) is 137 cm³/mol. The van der Waals surface area contributed by atoms with E-state index in [-0.39, 0.29) is 5.56 Å². The topological polar surface area (TPSA) is 44.1 Å². The highest BCUT2D eigenvalue weighted by molar-refractivity contribution is 6.30. The molecule has 0 radical (unpaired) electrons. The Bertz CT molecular complexity index is 1300. The molecule has 0 aliphatic rings. The van der Waals surface area contributed by atoms with Crippen molar-refractivity contribution in [1.29, 1.82) is 0 Å². The second-order valence-corrected chi connectivity index (χ2v) is 8.96. The Labute approximate surface area is 203 Å². The highest BCUT2D eigenvalue weighted by Gasteiger charge is 2.12. The third-order valence-electron chi connectivity index (χ3n) is 5.63. The molecule has 1 aromatic heterocycles. The predicted octanol–water partition coefficient (Wildman–Crippen LogP) is 7.32. The van der Waals surface area contributed by atoms with Crippen LogP contribution in [0.5, 0.6) is 5.75 Å². The Morgan fingerprint density at radius 1 is 0.879 bits per heavy atom. The molecule has 170 valence electrons. The fourth-order valence-corrected chi connectivity index (χ4v) is 4.23. The normalized spacial score (nSPS) is 11.1. The van der Waals surface area contributed by atoms with E-state index in [1.807, 2.05) is 73.7 Å². The van der Waals surface area contributed by atoms with Crippen molar-refractivity contribution in [2.75, 3.05) is 6.61 Å². The molecule has 0 aliphatic carbocycles. The van der Waals surface area contributed by atoms with Crippen LogP contribution in [0.3, 0.4) is 0 Å². The van der Waals surface area contributed by atoms with Gasteiger partial charge in [0.05, 0.1) is 17.5 Å². The quantitative estimate of drug-likeness (QED) is 0.235. The van der Waals surface area contributed by atoms with Crippen LogP contribution in [0.25, 0.3) is 22.3 Å². The van der Waals surface area contributed by atoms with E-state index >= 15 is 0 Å². The summed E-state index contributed by atoms with van der Waals surface area (Å²) in [4.78, 5) is 18.0. The van der Waals surface area contributed by atoms with Gasteiger partial charge >= 0.3 is 0 Å². The maximum atomic E-state index is 13.2. The van der Waals surface area contributed by atoms with Crippen LogP contribution in [0.1, 0.15) is 31.2 Å². The Hall–Kier alpha value is -2.82. The van der Waals surface area contributed by atoms with Gasteiger partial charge in [-0.25, -0.2) is 4.98 Å². The van der Waals surface area contributed by atoms with Crippen molar-refractivity contribution in [3.8, 4) is 17.1 Å². The number of para-hydroxylation sites is 1. The van der Waals surface area contributed by atoms with Crippen LogP contribution in [0, 0.1) is 6.92 Å². The van der Waals surface area contributed by atoms with E-state index in [2.05, 4.69) is 0 Å². The first-order valence-electron chi connectivity index (χ1n) is 11.2. The Kier molecular flexibility index (Phi) is 7.69. The minimum Gasteiger partial charge on any atom is -0.493 e. The molecule has 0 unspecified atom stereocenters. The van der Waals surface area contributed by atoms with Crippen molar-refractivity contribution < 1.29 is 4.74 Å². The molecule has 0 saturated heterocycles. The van der Waals surface area contributed by atoms with Crippen LogP contribution < -0.4 is 10.3 Å². The summed E-state index contributed by atoms with van der Waals surface area (Å²) in [5.41, 5.74) is 2.62. The van der Waals surface area contributed by atoms with Crippen LogP contribution in [-0.2, 0) is 6.54 Å². The molecule has 33 heavy (non-hydrogen) atoms. The van der Waals surface area contributed by atoms with Gasteiger partial charge in [-0.15, -0.1) is 0 Å². The number of benzene rings is 3. The number of nitrogens with zero attached hydrogens (tertiary/aromatic N) is 2. The summed E-state index contributed by atoms with van der Waals surface area (Å²) >= 11 is 12.1. The average Bonchev–Trinajstić information content (AvgIpc) is 2.81. The SMILES string of the molecule is Cc1cc(Cl)ccc1OCCCCCCn1c(-c2ccc(Cl)cc2)nc2ccccc2c1=O. The zero-order valence-electron chi connectivity index (χ0n) is 18.6. The molecule has 6 heteroatoms. The third kappa shape index (κ3) is 5.76. The molecule has 3 aromatic carbocycles. The van der Waals surface area contributed by atoms with Crippen LogP contribution in [0.2, 0.25) is 10.0 Å². The number of halogens is 2. The van der Waals surface area contributed by atoms with Gasteiger partial charge < -0.3 is 4.74 Å². The molecule has 0 bridgehead atoms. The van der Waals surface area contributed by atoms with E-state index in [9.17, 15) is 4.79 Å². The Morgan fingerprint density at radius 3 is 2.39 bits per heavy atom. The molecule has 0 spiro atoms. The first kappa shape index (κ1) is 23.3. The standard InChI is InChI=1S/C27H26Cl2N2O2/c1-19-18-22(29)14-15-25(19)33-17-7-3-2-6-16-31-26(20-10-12-21(28)13-11-20)30-24-9-5-4-8-23(24)27(31)32/h4-5,8-15,18H,2-3,6-7,16-17H2,1H3. The first-order chi connectivity index (χ1) is 16.0. The van der Waals surface area contributed by atoms with Gasteiger partial charge in [-0.05, 0) is 79.9 Å². The zero-order chi connectivity index (χ0) is 23.2. The van der Waals surface area contributed by atoms with Crippen molar-refractivity contribution >= 4 is 34.1 Å². The van der Waals surface area contributed by atoms with Gasteiger partial charge in [0, 0.05) is 22.2 Å².